The molecule has 112 valence electrons. The second-order valence-corrected chi connectivity index (χ2v) is 6.80. The monoisotopic (exact) mass is 279 g/mol. The number of fused-ring (bicyclic) bond motifs is 1. The van der Waals surface area contributed by atoms with E-state index in [-0.39, 0.29) is 5.60 Å². The van der Waals surface area contributed by atoms with Crippen molar-refractivity contribution in [1.82, 2.24) is 20.5 Å². The van der Waals surface area contributed by atoms with Crippen LogP contribution in [-0.4, -0.2) is 46.5 Å². The van der Waals surface area contributed by atoms with Crippen LogP contribution in [0.25, 0.3) is 0 Å². The van der Waals surface area contributed by atoms with Crippen LogP contribution in [-0.2, 0) is 11.3 Å². The van der Waals surface area contributed by atoms with Crippen LogP contribution in [0.5, 0.6) is 0 Å². The highest BCUT2D eigenvalue weighted by Crippen LogP contribution is 2.29. The van der Waals surface area contributed by atoms with Crippen molar-refractivity contribution in [2.75, 3.05) is 24.5 Å². The normalized spacial score (nSPS) is 26.9. The highest BCUT2D eigenvalue weighted by atomic mass is 16.5. The SMILES string of the molecule is CC(C)(C)OCc1nc(N2CCCC3CNCC32)n[nH]1. The summed E-state index contributed by atoms with van der Waals surface area (Å²) in [4.78, 5) is 6.96. The molecule has 6 heteroatoms. The van der Waals surface area contributed by atoms with Crippen LogP contribution in [0.3, 0.4) is 0 Å². The van der Waals surface area contributed by atoms with Crippen molar-refractivity contribution in [2.24, 2.45) is 5.92 Å². The predicted octanol–water partition coefficient (Wildman–Crippen LogP) is 1.31. The van der Waals surface area contributed by atoms with Crippen molar-refractivity contribution >= 4 is 5.95 Å². The number of nitrogens with zero attached hydrogens (tertiary/aromatic N) is 3. The number of ether oxygens (including phenoxy) is 1. The van der Waals surface area contributed by atoms with E-state index in [0.717, 1.165) is 37.3 Å². The Kier molecular flexibility index (Phi) is 3.69. The number of rotatable bonds is 3. The highest BCUT2D eigenvalue weighted by molar-refractivity contribution is 5.33. The molecule has 2 saturated heterocycles. The molecule has 1 aromatic rings. The number of H-pyrrole nitrogens is 1. The van der Waals surface area contributed by atoms with Crippen molar-refractivity contribution in [3.8, 4) is 0 Å². The van der Waals surface area contributed by atoms with Crippen LogP contribution in [0.1, 0.15) is 39.4 Å². The topological polar surface area (TPSA) is 66.1 Å². The Morgan fingerprint density at radius 3 is 3.00 bits per heavy atom. The lowest BCUT2D eigenvalue weighted by Crippen LogP contribution is -2.45. The third-order valence-electron chi connectivity index (χ3n) is 4.10. The summed E-state index contributed by atoms with van der Waals surface area (Å²) in [5, 5.41) is 10.9. The van der Waals surface area contributed by atoms with Gasteiger partial charge in [-0.15, -0.1) is 5.10 Å². The van der Waals surface area contributed by atoms with Gasteiger partial charge in [0.15, 0.2) is 5.82 Å². The molecule has 3 heterocycles. The van der Waals surface area contributed by atoms with Crippen molar-refractivity contribution < 1.29 is 4.74 Å². The first-order valence-corrected chi connectivity index (χ1v) is 7.55. The zero-order valence-electron chi connectivity index (χ0n) is 12.6. The van der Waals surface area contributed by atoms with Crippen molar-refractivity contribution in [1.29, 1.82) is 0 Å². The lowest BCUT2D eigenvalue weighted by Gasteiger charge is -2.36. The number of piperidine rings is 1. The Morgan fingerprint density at radius 1 is 1.35 bits per heavy atom. The number of hydrogen-bond acceptors (Lipinski definition) is 5. The summed E-state index contributed by atoms with van der Waals surface area (Å²) in [5.41, 5.74) is -0.154. The maximum Gasteiger partial charge on any atom is 0.245 e. The van der Waals surface area contributed by atoms with E-state index in [0.29, 0.717) is 12.6 Å². The fraction of sp³-hybridized carbons (Fsp3) is 0.857. The summed E-state index contributed by atoms with van der Waals surface area (Å²) in [7, 11) is 0. The Labute approximate surface area is 120 Å². The van der Waals surface area contributed by atoms with Gasteiger partial charge in [0.25, 0.3) is 0 Å². The zero-order valence-corrected chi connectivity index (χ0v) is 12.6. The molecule has 2 N–H and O–H groups in total. The first-order chi connectivity index (χ1) is 9.53. The average Bonchev–Trinajstić information content (AvgIpc) is 3.04. The van der Waals surface area contributed by atoms with Crippen molar-refractivity contribution in [3.05, 3.63) is 5.82 Å². The lowest BCUT2D eigenvalue weighted by atomic mass is 9.92. The third kappa shape index (κ3) is 2.96. The third-order valence-corrected chi connectivity index (χ3v) is 4.10. The second-order valence-electron chi connectivity index (χ2n) is 6.80. The zero-order chi connectivity index (χ0) is 14.2. The van der Waals surface area contributed by atoms with Gasteiger partial charge in [0.2, 0.25) is 5.95 Å². The van der Waals surface area contributed by atoms with Crippen LogP contribution in [0, 0.1) is 5.92 Å². The number of anilines is 1. The van der Waals surface area contributed by atoms with Crippen LogP contribution in [0.15, 0.2) is 0 Å². The molecular formula is C14H25N5O. The first-order valence-electron chi connectivity index (χ1n) is 7.55. The van der Waals surface area contributed by atoms with Gasteiger partial charge in [0, 0.05) is 25.7 Å². The van der Waals surface area contributed by atoms with E-state index in [1.165, 1.54) is 12.8 Å². The van der Waals surface area contributed by atoms with E-state index in [9.17, 15) is 0 Å². The molecule has 0 spiro atoms. The molecule has 6 nitrogen and oxygen atoms in total. The van der Waals surface area contributed by atoms with Crippen LogP contribution in [0.2, 0.25) is 0 Å². The molecule has 20 heavy (non-hydrogen) atoms. The van der Waals surface area contributed by atoms with Crippen molar-refractivity contribution in [3.63, 3.8) is 0 Å². The molecule has 2 aliphatic heterocycles. The fourth-order valence-electron chi connectivity index (χ4n) is 3.08. The largest absolute Gasteiger partial charge is 0.368 e. The fourth-order valence-corrected chi connectivity index (χ4v) is 3.08. The maximum absolute atomic E-state index is 5.74. The average molecular weight is 279 g/mol. The van der Waals surface area contributed by atoms with Crippen LogP contribution >= 0.6 is 0 Å². The van der Waals surface area contributed by atoms with Crippen LogP contribution < -0.4 is 10.2 Å². The number of nitrogens with one attached hydrogen (secondary N) is 2. The molecule has 0 aromatic carbocycles. The van der Waals surface area contributed by atoms with Gasteiger partial charge < -0.3 is 15.0 Å². The number of hydrogen-bond donors (Lipinski definition) is 2. The number of aromatic amines is 1. The Hall–Kier alpha value is -1.14. The summed E-state index contributed by atoms with van der Waals surface area (Å²) in [6, 6.07) is 0.552. The molecule has 0 bridgehead atoms. The number of aromatic nitrogens is 3. The van der Waals surface area contributed by atoms with Gasteiger partial charge >= 0.3 is 0 Å². The Morgan fingerprint density at radius 2 is 2.20 bits per heavy atom. The molecule has 0 amide bonds. The molecule has 2 fully saturated rings. The first kappa shape index (κ1) is 13.8. The summed E-state index contributed by atoms with van der Waals surface area (Å²) >= 11 is 0. The Balaban J connectivity index is 1.66. The van der Waals surface area contributed by atoms with E-state index in [2.05, 4.69) is 25.4 Å². The lowest BCUT2D eigenvalue weighted by molar-refractivity contribution is -0.0180. The van der Waals surface area contributed by atoms with E-state index in [4.69, 9.17) is 4.74 Å². The van der Waals surface area contributed by atoms with E-state index >= 15 is 0 Å². The molecule has 3 rings (SSSR count). The van der Waals surface area contributed by atoms with Gasteiger partial charge in [-0.3, -0.25) is 5.10 Å². The minimum Gasteiger partial charge on any atom is -0.368 e. The van der Waals surface area contributed by atoms with Crippen molar-refractivity contribution in [2.45, 2.75) is 51.9 Å². The smallest absolute Gasteiger partial charge is 0.245 e. The molecule has 2 unspecified atom stereocenters. The summed E-state index contributed by atoms with van der Waals surface area (Å²) in [6.07, 6.45) is 2.55. The summed E-state index contributed by atoms with van der Waals surface area (Å²) < 4.78 is 5.74. The van der Waals surface area contributed by atoms with Gasteiger partial charge in [-0.05, 0) is 39.5 Å². The van der Waals surface area contributed by atoms with Crippen LogP contribution in [0.4, 0.5) is 5.95 Å². The predicted molar refractivity (Wildman–Crippen MR) is 77.7 cm³/mol. The molecule has 0 aliphatic carbocycles. The van der Waals surface area contributed by atoms with Gasteiger partial charge in [0.05, 0.1) is 5.60 Å². The highest BCUT2D eigenvalue weighted by Gasteiger charge is 2.36. The van der Waals surface area contributed by atoms with Gasteiger partial charge in [-0.25, -0.2) is 0 Å². The second kappa shape index (κ2) is 5.33. The van der Waals surface area contributed by atoms with Gasteiger partial charge in [0.1, 0.15) is 6.61 Å². The van der Waals surface area contributed by atoms with Gasteiger partial charge in [-0.2, -0.15) is 4.98 Å². The molecular weight excluding hydrogens is 254 g/mol. The quantitative estimate of drug-likeness (QED) is 0.873. The maximum atomic E-state index is 5.74. The Bertz CT molecular complexity index is 453. The van der Waals surface area contributed by atoms with Gasteiger partial charge in [-0.1, -0.05) is 0 Å². The molecule has 2 aliphatic rings. The summed E-state index contributed by atoms with van der Waals surface area (Å²) in [6.45, 7) is 9.85. The molecule has 0 radical (unpaired) electrons. The molecule has 1 aromatic heterocycles. The van der Waals surface area contributed by atoms with E-state index in [1.54, 1.807) is 0 Å². The van der Waals surface area contributed by atoms with E-state index < -0.39 is 0 Å². The molecule has 2 atom stereocenters. The minimum absolute atomic E-state index is 0.154. The summed E-state index contributed by atoms with van der Waals surface area (Å²) in [5.74, 6) is 2.38. The van der Waals surface area contributed by atoms with E-state index in [1.807, 2.05) is 20.8 Å². The minimum atomic E-state index is -0.154. The molecule has 0 saturated carbocycles. The standard InChI is InChI=1S/C14H25N5O/c1-14(2,3)20-9-12-16-13(18-17-12)19-6-4-5-10-7-15-8-11(10)19/h10-11,15H,4-9H2,1-3H3,(H,16,17,18).